The van der Waals surface area contributed by atoms with E-state index in [0.29, 0.717) is 0 Å². The summed E-state index contributed by atoms with van der Waals surface area (Å²) in [6.45, 7) is 1.40. The van der Waals surface area contributed by atoms with Crippen LogP contribution in [0.15, 0.2) is 18.2 Å². The molecule has 10 heteroatoms. The number of carbonyl (C=O) groups excluding carboxylic acids is 5. The highest BCUT2D eigenvalue weighted by atomic mass is 16.3. The van der Waals surface area contributed by atoms with Crippen LogP contribution in [-0.4, -0.2) is 82.0 Å². The van der Waals surface area contributed by atoms with Crippen molar-refractivity contribution in [2.24, 2.45) is 23.7 Å². The van der Waals surface area contributed by atoms with E-state index in [2.05, 4.69) is 5.32 Å². The topological polar surface area (TPSA) is 161 Å². The van der Waals surface area contributed by atoms with Crippen molar-refractivity contribution >= 4 is 29.0 Å². The Morgan fingerprint density at radius 3 is 2.30 bits per heavy atom. The number of carbonyl (C=O) groups is 5. The number of hydrogen-bond acceptors (Lipinski definition) is 9. The molecule has 7 atom stereocenters. The lowest BCUT2D eigenvalue weighted by molar-refractivity contribution is -0.188. The molecule has 4 N–H and O–H groups in total. The summed E-state index contributed by atoms with van der Waals surface area (Å²) in [6.07, 6.45) is -0.207. The van der Waals surface area contributed by atoms with Gasteiger partial charge in [-0.05, 0) is 39.1 Å². The molecule has 0 aliphatic heterocycles. The second kappa shape index (κ2) is 7.28. The number of phenols is 1. The summed E-state index contributed by atoms with van der Waals surface area (Å²) in [5.74, 6) is -11.3. The highest BCUT2D eigenvalue weighted by Gasteiger charge is 2.71. The average molecular weight is 458 g/mol. The maximum Gasteiger partial charge on any atom is 0.238 e. The largest absolute Gasteiger partial charge is 0.507 e. The zero-order valence-electron chi connectivity index (χ0n) is 18.7. The number of amides is 1. The van der Waals surface area contributed by atoms with E-state index in [1.54, 1.807) is 0 Å². The number of ketones is 4. The Morgan fingerprint density at radius 2 is 1.73 bits per heavy atom. The minimum absolute atomic E-state index is 0.130. The van der Waals surface area contributed by atoms with Gasteiger partial charge in [0.05, 0.1) is 23.1 Å². The second-order valence-corrected chi connectivity index (χ2v) is 9.49. The number of fused-ring (bicyclic) bond motifs is 3. The molecule has 176 valence electrons. The molecule has 0 aromatic heterocycles. The van der Waals surface area contributed by atoms with Crippen molar-refractivity contribution in [1.29, 1.82) is 0 Å². The molecule has 33 heavy (non-hydrogen) atoms. The van der Waals surface area contributed by atoms with Crippen molar-refractivity contribution < 1.29 is 39.3 Å². The number of rotatable bonds is 2. The molecule has 0 heterocycles. The van der Waals surface area contributed by atoms with Gasteiger partial charge in [-0.2, -0.15) is 0 Å². The van der Waals surface area contributed by atoms with E-state index >= 15 is 0 Å². The van der Waals surface area contributed by atoms with Crippen LogP contribution in [-0.2, 0) is 24.8 Å². The molecule has 7 unspecified atom stereocenters. The summed E-state index contributed by atoms with van der Waals surface area (Å²) in [4.78, 5) is 67.5. The van der Waals surface area contributed by atoms with Crippen LogP contribution in [0.4, 0.5) is 0 Å². The van der Waals surface area contributed by atoms with E-state index in [-0.39, 0.29) is 17.5 Å². The standard InChI is InChI=1S/C23H26N2O8/c1-22(32)9-6-5-7-12(26)13(9)17(27)14-10(22)8-11-16(25(3)4)18(28)15(21(31)24-2)20(30)23(11,33)19(14)29/h5-7,10-11,14-16,26,32-33H,8H2,1-4H3,(H,24,31). The maximum atomic E-state index is 13.7. The Labute approximate surface area is 189 Å². The number of hydrogen-bond donors (Lipinski definition) is 4. The predicted molar refractivity (Wildman–Crippen MR) is 112 cm³/mol. The Bertz CT molecular complexity index is 1110. The average Bonchev–Trinajstić information content (AvgIpc) is 2.74. The van der Waals surface area contributed by atoms with E-state index in [1.165, 1.54) is 51.2 Å². The minimum Gasteiger partial charge on any atom is -0.507 e. The van der Waals surface area contributed by atoms with E-state index in [9.17, 15) is 39.3 Å². The summed E-state index contributed by atoms with van der Waals surface area (Å²) < 4.78 is 0. The summed E-state index contributed by atoms with van der Waals surface area (Å²) >= 11 is 0. The summed E-state index contributed by atoms with van der Waals surface area (Å²) in [5.41, 5.74) is -4.67. The molecule has 0 saturated heterocycles. The quantitative estimate of drug-likeness (QED) is 0.399. The highest BCUT2D eigenvalue weighted by molar-refractivity contribution is 6.32. The van der Waals surface area contributed by atoms with Crippen LogP contribution in [0, 0.1) is 23.7 Å². The van der Waals surface area contributed by atoms with Crippen LogP contribution in [0.2, 0.25) is 0 Å². The third-order valence-electron chi connectivity index (χ3n) is 7.60. The van der Waals surface area contributed by atoms with Gasteiger partial charge in [0, 0.05) is 18.9 Å². The van der Waals surface area contributed by atoms with Crippen LogP contribution in [0.3, 0.4) is 0 Å². The SMILES string of the molecule is CNC(=O)C1C(=O)C(N(C)C)C2CC3C(C(=O)c4c(O)cccc4C3(C)O)C(=O)C2(O)C1=O. The van der Waals surface area contributed by atoms with E-state index in [1.807, 2.05) is 0 Å². The van der Waals surface area contributed by atoms with Crippen LogP contribution < -0.4 is 5.32 Å². The Hall–Kier alpha value is -2.95. The number of aromatic hydroxyl groups is 1. The van der Waals surface area contributed by atoms with Crippen LogP contribution in [0.5, 0.6) is 5.75 Å². The molecule has 3 aliphatic rings. The van der Waals surface area contributed by atoms with Crippen molar-refractivity contribution in [3.8, 4) is 5.75 Å². The zero-order valence-corrected chi connectivity index (χ0v) is 18.7. The van der Waals surface area contributed by atoms with Crippen LogP contribution in [0.1, 0.15) is 29.3 Å². The van der Waals surface area contributed by atoms with Crippen molar-refractivity contribution in [2.75, 3.05) is 21.1 Å². The van der Waals surface area contributed by atoms with Gasteiger partial charge >= 0.3 is 0 Å². The normalized spacial score (nSPS) is 38.0. The number of aliphatic hydroxyl groups is 2. The van der Waals surface area contributed by atoms with Crippen molar-refractivity contribution in [3.05, 3.63) is 29.3 Å². The molecule has 0 spiro atoms. The second-order valence-electron chi connectivity index (χ2n) is 9.49. The molecule has 10 nitrogen and oxygen atoms in total. The molecule has 4 rings (SSSR count). The third kappa shape index (κ3) is 2.81. The smallest absolute Gasteiger partial charge is 0.238 e. The molecule has 1 aromatic rings. The minimum atomic E-state index is -2.78. The van der Waals surface area contributed by atoms with Gasteiger partial charge in [0.2, 0.25) is 5.91 Å². The number of nitrogens with zero attached hydrogens (tertiary/aromatic N) is 1. The van der Waals surface area contributed by atoms with Crippen molar-refractivity contribution in [1.82, 2.24) is 10.2 Å². The molecule has 3 aliphatic carbocycles. The van der Waals surface area contributed by atoms with E-state index in [4.69, 9.17) is 0 Å². The van der Waals surface area contributed by atoms with Gasteiger partial charge in [-0.15, -0.1) is 0 Å². The zero-order chi connectivity index (χ0) is 24.6. The van der Waals surface area contributed by atoms with Gasteiger partial charge < -0.3 is 20.6 Å². The monoisotopic (exact) mass is 458 g/mol. The van der Waals surface area contributed by atoms with Gasteiger partial charge in [-0.3, -0.25) is 28.9 Å². The molecule has 0 radical (unpaired) electrons. The van der Waals surface area contributed by atoms with Gasteiger partial charge in [-0.25, -0.2) is 0 Å². The fourth-order valence-electron chi connectivity index (χ4n) is 6.00. The first-order valence-electron chi connectivity index (χ1n) is 10.6. The summed E-state index contributed by atoms with van der Waals surface area (Å²) in [7, 11) is 4.27. The van der Waals surface area contributed by atoms with Crippen molar-refractivity contribution in [2.45, 2.75) is 30.6 Å². The Morgan fingerprint density at radius 1 is 1.09 bits per heavy atom. The molecule has 1 aromatic carbocycles. The lowest BCUT2D eigenvalue weighted by Gasteiger charge is -2.55. The predicted octanol–water partition coefficient (Wildman–Crippen LogP) is -1.21. The lowest BCUT2D eigenvalue weighted by Crippen LogP contribution is -2.75. The lowest BCUT2D eigenvalue weighted by atomic mass is 9.49. The number of phenolic OH excluding ortho intramolecular Hbond substituents is 1. The highest BCUT2D eigenvalue weighted by Crippen LogP contribution is 2.55. The maximum absolute atomic E-state index is 13.7. The van der Waals surface area contributed by atoms with Crippen molar-refractivity contribution in [3.63, 3.8) is 0 Å². The first-order valence-corrected chi connectivity index (χ1v) is 10.6. The molecule has 2 fully saturated rings. The Balaban J connectivity index is 1.94. The number of nitrogens with one attached hydrogen (secondary N) is 1. The van der Waals surface area contributed by atoms with Crippen LogP contribution in [0.25, 0.3) is 0 Å². The van der Waals surface area contributed by atoms with Crippen LogP contribution >= 0.6 is 0 Å². The van der Waals surface area contributed by atoms with Gasteiger partial charge in [0.15, 0.2) is 34.7 Å². The summed E-state index contributed by atoms with van der Waals surface area (Å²) in [5, 5.41) is 35.5. The van der Waals surface area contributed by atoms with Gasteiger partial charge in [-0.1, -0.05) is 12.1 Å². The fraction of sp³-hybridized carbons (Fsp3) is 0.522. The number of benzene rings is 1. The molecule has 1 amide bonds. The molecule has 2 saturated carbocycles. The van der Waals surface area contributed by atoms with E-state index < -0.39 is 75.7 Å². The van der Waals surface area contributed by atoms with Gasteiger partial charge in [0.1, 0.15) is 5.75 Å². The molecular weight excluding hydrogens is 432 g/mol. The Kier molecular flexibility index (Phi) is 5.12. The van der Waals surface area contributed by atoms with Gasteiger partial charge in [0.25, 0.3) is 0 Å². The number of likely N-dealkylation sites (N-methyl/N-ethyl adjacent to an activating group) is 1. The summed E-state index contributed by atoms with van der Waals surface area (Å²) in [6, 6.07) is 2.99. The first kappa shape index (κ1) is 23.2. The first-order chi connectivity index (χ1) is 15.3. The molecular formula is C23H26N2O8. The fourth-order valence-corrected chi connectivity index (χ4v) is 6.00. The third-order valence-corrected chi connectivity index (χ3v) is 7.60. The number of Topliss-reactive ketones (excluding diaryl/α,β-unsaturated/α-hetero) is 4. The molecule has 0 bridgehead atoms. The van der Waals surface area contributed by atoms with E-state index in [0.717, 1.165) is 0 Å².